The van der Waals surface area contributed by atoms with Gasteiger partial charge in [-0.05, 0) is 55.7 Å². The van der Waals surface area contributed by atoms with Gasteiger partial charge >= 0.3 is 6.09 Å². The molecule has 7 nitrogen and oxygen atoms in total. The number of hydrogen-bond donors (Lipinski definition) is 2. The highest BCUT2D eigenvalue weighted by Crippen LogP contribution is 2.20. The average Bonchev–Trinajstić information content (AvgIpc) is 3.36. The topological polar surface area (TPSA) is 97.6 Å². The van der Waals surface area contributed by atoms with Gasteiger partial charge in [-0.2, -0.15) is 0 Å². The normalized spacial score (nSPS) is 15.6. The Kier molecular flexibility index (Phi) is 10.7. The SMILES string of the molecule is CC(C)C[C@H](NC(=O)OC1CCCCC1)C(=O)N[C@@H](Cc1ccccc1)C(=O)C(=S)Cc1ccco1. The molecule has 194 valence electrons. The standard InChI is InChI=1S/C28H36N2O5S/c1-19(2)16-24(30-28(33)35-21-12-7-4-8-13-21)27(32)29-23(17-20-10-5-3-6-11-20)26(31)25(36)18-22-14-9-15-34-22/h3,5-6,9-11,14-15,19,21,23-24H,4,7-8,12-13,16-18H2,1-2H3,(H,29,32)(H,30,33)/t23-,24-/m0/s1. The van der Waals surface area contributed by atoms with Crippen LogP contribution in [0.4, 0.5) is 4.79 Å². The van der Waals surface area contributed by atoms with Crippen LogP contribution >= 0.6 is 12.2 Å². The molecule has 0 unspecified atom stereocenters. The van der Waals surface area contributed by atoms with Crippen LogP contribution in [-0.4, -0.2) is 40.8 Å². The maximum Gasteiger partial charge on any atom is 0.408 e. The Labute approximate surface area is 218 Å². The van der Waals surface area contributed by atoms with Gasteiger partial charge < -0.3 is 19.8 Å². The molecule has 2 atom stereocenters. The third-order valence-electron chi connectivity index (χ3n) is 6.25. The Bertz CT molecular complexity index is 1000. The molecular formula is C28H36N2O5S. The zero-order valence-electron chi connectivity index (χ0n) is 21.0. The monoisotopic (exact) mass is 512 g/mol. The first-order chi connectivity index (χ1) is 17.3. The minimum Gasteiger partial charge on any atom is -0.469 e. The number of amides is 2. The molecule has 0 bridgehead atoms. The smallest absolute Gasteiger partial charge is 0.408 e. The van der Waals surface area contributed by atoms with Gasteiger partial charge in [-0.25, -0.2) is 4.79 Å². The van der Waals surface area contributed by atoms with Crippen LogP contribution in [0.25, 0.3) is 0 Å². The molecular weight excluding hydrogens is 476 g/mol. The second-order valence-electron chi connectivity index (χ2n) is 9.79. The van der Waals surface area contributed by atoms with Gasteiger partial charge in [0, 0.05) is 12.8 Å². The van der Waals surface area contributed by atoms with Crippen molar-refractivity contribution in [2.24, 2.45) is 5.92 Å². The second-order valence-corrected chi connectivity index (χ2v) is 10.3. The van der Waals surface area contributed by atoms with E-state index in [0.29, 0.717) is 12.2 Å². The lowest BCUT2D eigenvalue weighted by Crippen LogP contribution is -2.54. The van der Waals surface area contributed by atoms with Gasteiger partial charge in [0.05, 0.1) is 17.2 Å². The van der Waals surface area contributed by atoms with Gasteiger partial charge in [0.25, 0.3) is 0 Å². The number of carbonyl (C=O) groups is 3. The Morgan fingerprint density at radius 1 is 1.00 bits per heavy atom. The predicted molar refractivity (Wildman–Crippen MR) is 142 cm³/mol. The second kappa shape index (κ2) is 13.9. The van der Waals surface area contributed by atoms with E-state index >= 15 is 0 Å². The number of ether oxygens (including phenoxy) is 1. The van der Waals surface area contributed by atoms with Crippen LogP contribution in [0.1, 0.15) is 63.7 Å². The number of hydrogen-bond acceptors (Lipinski definition) is 6. The first kappa shape index (κ1) is 27.6. The van der Waals surface area contributed by atoms with E-state index in [9.17, 15) is 14.4 Å². The molecule has 0 spiro atoms. The summed E-state index contributed by atoms with van der Waals surface area (Å²) in [5, 5.41) is 5.60. The largest absolute Gasteiger partial charge is 0.469 e. The van der Waals surface area contributed by atoms with Crippen molar-refractivity contribution in [1.29, 1.82) is 0 Å². The third-order valence-corrected chi connectivity index (χ3v) is 6.59. The molecule has 1 aromatic carbocycles. The summed E-state index contributed by atoms with van der Waals surface area (Å²) in [5.41, 5.74) is 0.891. The fraction of sp³-hybridized carbons (Fsp3) is 0.500. The van der Waals surface area contributed by atoms with Crippen molar-refractivity contribution in [2.75, 3.05) is 0 Å². The van der Waals surface area contributed by atoms with Crippen LogP contribution in [0.15, 0.2) is 53.1 Å². The molecule has 1 heterocycles. The summed E-state index contributed by atoms with van der Waals surface area (Å²) in [6.07, 6.45) is 6.60. The number of carbonyl (C=O) groups excluding carboxylic acids is 3. The van der Waals surface area contributed by atoms with Crippen LogP contribution in [0.5, 0.6) is 0 Å². The number of alkyl carbamates (subject to hydrolysis) is 1. The van der Waals surface area contributed by atoms with Crippen LogP contribution in [0, 0.1) is 5.92 Å². The Balaban J connectivity index is 1.70. The van der Waals surface area contributed by atoms with Crippen molar-refractivity contribution in [2.45, 2.75) is 83.4 Å². The quantitative estimate of drug-likeness (QED) is 0.390. The van der Waals surface area contributed by atoms with Gasteiger partial charge in [0.2, 0.25) is 5.91 Å². The number of thiocarbonyl (C=S) groups is 1. The minimum absolute atomic E-state index is 0.118. The molecule has 3 rings (SSSR count). The van der Waals surface area contributed by atoms with Crippen molar-refractivity contribution < 1.29 is 23.5 Å². The molecule has 1 aliphatic rings. The fourth-order valence-electron chi connectivity index (χ4n) is 4.40. The summed E-state index contributed by atoms with van der Waals surface area (Å²) in [6.45, 7) is 3.94. The average molecular weight is 513 g/mol. The van der Waals surface area contributed by atoms with Crippen molar-refractivity contribution in [3.63, 3.8) is 0 Å². The van der Waals surface area contributed by atoms with Gasteiger partial charge in [-0.15, -0.1) is 0 Å². The first-order valence-corrected chi connectivity index (χ1v) is 13.1. The molecule has 1 aliphatic carbocycles. The van der Waals surface area contributed by atoms with Gasteiger partial charge in [0.1, 0.15) is 17.9 Å². The van der Waals surface area contributed by atoms with Gasteiger partial charge in [0.15, 0.2) is 5.78 Å². The molecule has 0 saturated heterocycles. The minimum atomic E-state index is -0.867. The number of nitrogens with one attached hydrogen (secondary N) is 2. The van der Waals surface area contributed by atoms with Crippen LogP contribution in [0.2, 0.25) is 0 Å². The Hall–Kier alpha value is -3.00. The van der Waals surface area contributed by atoms with Crippen molar-refractivity contribution in [3.8, 4) is 0 Å². The molecule has 1 fully saturated rings. The van der Waals surface area contributed by atoms with Gasteiger partial charge in [-0.3, -0.25) is 9.59 Å². The number of ketones is 1. The molecule has 36 heavy (non-hydrogen) atoms. The lowest BCUT2D eigenvalue weighted by molar-refractivity contribution is -0.127. The van der Waals surface area contributed by atoms with E-state index in [-0.39, 0.29) is 35.5 Å². The summed E-state index contributed by atoms with van der Waals surface area (Å²) in [4.78, 5) is 39.5. The zero-order valence-corrected chi connectivity index (χ0v) is 21.9. The number of rotatable bonds is 12. The van der Waals surface area contributed by atoms with Crippen molar-refractivity contribution in [3.05, 3.63) is 60.1 Å². The summed E-state index contributed by atoms with van der Waals surface area (Å²) in [7, 11) is 0. The van der Waals surface area contributed by atoms with E-state index in [1.54, 1.807) is 12.1 Å². The Morgan fingerprint density at radius 2 is 1.72 bits per heavy atom. The van der Waals surface area contributed by atoms with E-state index in [1.807, 2.05) is 44.2 Å². The molecule has 0 radical (unpaired) electrons. The first-order valence-electron chi connectivity index (χ1n) is 12.7. The lowest BCUT2D eigenvalue weighted by Gasteiger charge is -2.26. The van der Waals surface area contributed by atoms with Crippen molar-refractivity contribution in [1.82, 2.24) is 10.6 Å². The maximum atomic E-state index is 13.4. The molecule has 2 aromatic rings. The third kappa shape index (κ3) is 8.90. The van der Waals surface area contributed by atoms with E-state index in [1.165, 1.54) is 6.26 Å². The van der Waals surface area contributed by atoms with Crippen LogP contribution in [0.3, 0.4) is 0 Å². The van der Waals surface area contributed by atoms with Crippen LogP contribution < -0.4 is 10.6 Å². The van der Waals surface area contributed by atoms with Crippen molar-refractivity contribution >= 4 is 34.9 Å². The summed E-state index contributed by atoms with van der Waals surface area (Å²) < 4.78 is 10.9. The highest BCUT2D eigenvalue weighted by atomic mass is 32.1. The number of Topliss-reactive ketones (excluding diaryl/α,β-unsaturated/α-hetero) is 1. The fourth-order valence-corrected chi connectivity index (χ4v) is 4.68. The maximum absolute atomic E-state index is 13.4. The van der Waals surface area contributed by atoms with E-state index in [4.69, 9.17) is 21.4 Å². The van der Waals surface area contributed by atoms with Gasteiger partial charge in [-0.1, -0.05) is 62.8 Å². The molecule has 8 heteroatoms. The van der Waals surface area contributed by atoms with E-state index in [0.717, 1.165) is 37.7 Å². The molecule has 1 saturated carbocycles. The summed E-state index contributed by atoms with van der Waals surface area (Å²) in [5.74, 6) is -0.0481. The summed E-state index contributed by atoms with van der Waals surface area (Å²) in [6, 6.07) is 11.2. The predicted octanol–water partition coefficient (Wildman–Crippen LogP) is 4.96. The molecule has 2 N–H and O–H groups in total. The van der Waals surface area contributed by atoms with E-state index < -0.39 is 24.1 Å². The zero-order chi connectivity index (χ0) is 25.9. The highest BCUT2D eigenvalue weighted by molar-refractivity contribution is 7.82. The van der Waals surface area contributed by atoms with Crippen LogP contribution in [-0.2, 0) is 27.2 Å². The molecule has 0 aliphatic heterocycles. The molecule has 1 aromatic heterocycles. The van der Waals surface area contributed by atoms with E-state index in [2.05, 4.69) is 10.6 Å². The number of furan rings is 1. The lowest BCUT2D eigenvalue weighted by atomic mass is 9.97. The molecule has 2 amide bonds. The number of benzene rings is 1. The highest BCUT2D eigenvalue weighted by Gasteiger charge is 2.30. The Morgan fingerprint density at radius 3 is 2.36 bits per heavy atom. The summed E-state index contributed by atoms with van der Waals surface area (Å²) >= 11 is 5.42.